The largest absolute Gasteiger partial charge is 0.465 e. The lowest BCUT2D eigenvalue weighted by Gasteiger charge is -2.22. The Bertz CT molecular complexity index is 849. The van der Waals surface area contributed by atoms with Gasteiger partial charge in [0.2, 0.25) is 15.9 Å². The van der Waals surface area contributed by atoms with Crippen LogP contribution in [0.5, 0.6) is 0 Å². The van der Waals surface area contributed by atoms with E-state index in [-0.39, 0.29) is 16.8 Å². The minimum atomic E-state index is -3.53. The Labute approximate surface area is 153 Å². The average molecular weight is 374 g/mol. The van der Waals surface area contributed by atoms with Crippen LogP contribution in [0.4, 0.5) is 5.69 Å². The van der Waals surface area contributed by atoms with E-state index in [2.05, 4.69) is 10.0 Å². The average Bonchev–Trinajstić information content (AvgIpc) is 3.14. The number of anilines is 1. The van der Waals surface area contributed by atoms with Gasteiger partial charge in [0, 0.05) is 17.8 Å². The zero-order valence-electron chi connectivity index (χ0n) is 14.4. The first-order valence-corrected chi connectivity index (χ1v) is 10.2. The molecule has 0 unspecified atom stereocenters. The predicted octanol–water partition coefficient (Wildman–Crippen LogP) is 3.54. The molecule has 1 heterocycles. The van der Waals surface area contributed by atoms with Gasteiger partial charge in [-0.2, -0.15) is 0 Å². The SMILES string of the molecule is O=C(C=Cc1ccco1)Nc1ccc(S(=O)(=O)NC2CCCCC2)cc1. The molecule has 0 spiro atoms. The Kier molecular flexibility index (Phi) is 5.90. The minimum absolute atomic E-state index is 0.0138. The summed E-state index contributed by atoms with van der Waals surface area (Å²) in [6.45, 7) is 0. The Morgan fingerprint density at radius 2 is 1.81 bits per heavy atom. The van der Waals surface area contributed by atoms with Gasteiger partial charge in [-0.15, -0.1) is 0 Å². The number of furan rings is 1. The highest BCUT2D eigenvalue weighted by Crippen LogP contribution is 2.20. The van der Waals surface area contributed by atoms with Crippen molar-refractivity contribution >= 4 is 27.7 Å². The first-order valence-electron chi connectivity index (χ1n) is 8.68. The standard InChI is InChI=1S/C19H22N2O4S/c22-19(13-10-17-7-4-14-25-17)20-15-8-11-18(12-9-15)26(23,24)21-16-5-2-1-3-6-16/h4,7-14,16,21H,1-3,5-6H2,(H,20,22). The third-order valence-corrected chi connectivity index (χ3v) is 5.84. The van der Waals surface area contributed by atoms with E-state index in [4.69, 9.17) is 4.42 Å². The molecule has 6 nitrogen and oxygen atoms in total. The Balaban J connectivity index is 1.59. The molecule has 2 N–H and O–H groups in total. The van der Waals surface area contributed by atoms with Gasteiger partial charge in [0.05, 0.1) is 11.2 Å². The van der Waals surface area contributed by atoms with E-state index in [1.807, 2.05) is 0 Å². The monoisotopic (exact) mass is 374 g/mol. The molecule has 1 amide bonds. The Hall–Kier alpha value is -2.38. The van der Waals surface area contributed by atoms with Crippen LogP contribution in [0.15, 0.2) is 58.1 Å². The maximum atomic E-state index is 12.4. The smallest absolute Gasteiger partial charge is 0.248 e. The van der Waals surface area contributed by atoms with Crippen LogP contribution in [0.2, 0.25) is 0 Å². The van der Waals surface area contributed by atoms with E-state index in [1.54, 1.807) is 30.3 Å². The van der Waals surface area contributed by atoms with Crippen LogP contribution in [0.25, 0.3) is 6.08 Å². The highest BCUT2D eigenvalue weighted by Gasteiger charge is 2.21. The molecule has 0 atom stereocenters. The quantitative estimate of drug-likeness (QED) is 0.757. The number of amides is 1. The maximum Gasteiger partial charge on any atom is 0.248 e. The molecule has 7 heteroatoms. The molecule has 26 heavy (non-hydrogen) atoms. The molecule has 0 saturated heterocycles. The lowest BCUT2D eigenvalue weighted by Crippen LogP contribution is -2.36. The fourth-order valence-electron chi connectivity index (χ4n) is 2.95. The van der Waals surface area contributed by atoms with Gasteiger partial charge in [-0.3, -0.25) is 4.79 Å². The lowest BCUT2D eigenvalue weighted by molar-refractivity contribution is -0.111. The molecule has 0 radical (unpaired) electrons. The summed E-state index contributed by atoms with van der Waals surface area (Å²) in [5.41, 5.74) is 0.524. The lowest BCUT2D eigenvalue weighted by atomic mass is 9.96. The first kappa shape index (κ1) is 18.4. The second kappa shape index (κ2) is 8.33. The second-order valence-corrected chi connectivity index (χ2v) is 8.03. The third kappa shape index (κ3) is 5.06. The molecule has 3 rings (SSSR count). The van der Waals surface area contributed by atoms with Gasteiger partial charge in [-0.05, 0) is 55.3 Å². The van der Waals surface area contributed by atoms with Crippen LogP contribution in [-0.2, 0) is 14.8 Å². The molecule has 0 bridgehead atoms. The topological polar surface area (TPSA) is 88.4 Å². The Morgan fingerprint density at radius 1 is 1.08 bits per heavy atom. The van der Waals surface area contributed by atoms with Gasteiger partial charge >= 0.3 is 0 Å². The second-order valence-electron chi connectivity index (χ2n) is 6.32. The summed E-state index contributed by atoms with van der Waals surface area (Å²) in [6, 6.07) is 9.64. The fraction of sp³-hybridized carbons (Fsp3) is 0.316. The molecule has 138 valence electrons. The van der Waals surface area contributed by atoms with E-state index in [0.29, 0.717) is 11.4 Å². The van der Waals surface area contributed by atoms with Crippen LogP contribution in [0, 0.1) is 0 Å². The number of hydrogen-bond donors (Lipinski definition) is 2. The molecule has 1 aromatic heterocycles. The fourth-order valence-corrected chi connectivity index (χ4v) is 4.26. The van der Waals surface area contributed by atoms with Crippen molar-refractivity contribution in [1.29, 1.82) is 0 Å². The molecule has 1 saturated carbocycles. The summed E-state index contributed by atoms with van der Waals surface area (Å²) in [4.78, 5) is 12.1. The summed E-state index contributed by atoms with van der Waals surface area (Å²) in [5.74, 6) is 0.257. The van der Waals surface area contributed by atoms with E-state index < -0.39 is 10.0 Å². The molecule has 1 aliphatic carbocycles. The van der Waals surface area contributed by atoms with Crippen LogP contribution in [0.1, 0.15) is 37.9 Å². The number of sulfonamides is 1. The number of carbonyl (C=O) groups is 1. The molecular formula is C19H22N2O4S. The highest BCUT2D eigenvalue weighted by molar-refractivity contribution is 7.89. The third-order valence-electron chi connectivity index (χ3n) is 4.30. The molecule has 2 aromatic rings. The van der Waals surface area contributed by atoms with E-state index >= 15 is 0 Å². The van der Waals surface area contributed by atoms with Gasteiger partial charge < -0.3 is 9.73 Å². The predicted molar refractivity (Wildman–Crippen MR) is 100 cm³/mol. The van der Waals surface area contributed by atoms with Crippen molar-refractivity contribution < 1.29 is 17.6 Å². The molecule has 0 aliphatic heterocycles. The van der Waals surface area contributed by atoms with Crippen molar-refractivity contribution in [2.45, 2.75) is 43.0 Å². The van der Waals surface area contributed by atoms with Crippen molar-refractivity contribution in [2.24, 2.45) is 0 Å². The van der Waals surface area contributed by atoms with Crippen molar-refractivity contribution in [3.63, 3.8) is 0 Å². The molecular weight excluding hydrogens is 352 g/mol. The summed E-state index contributed by atoms with van der Waals surface area (Å²) in [5, 5.41) is 2.68. The van der Waals surface area contributed by atoms with Crippen LogP contribution in [0.3, 0.4) is 0 Å². The van der Waals surface area contributed by atoms with E-state index in [0.717, 1.165) is 25.7 Å². The minimum Gasteiger partial charge on any atom is -0.465 e. The van der Waals surface area contributed by atoms with Gasteiger partial charge in [-0.1, -0.05) is 19.3 Å². The van der Waals surface area contributed by atoms with E-state index in [1.165, 1.54) is 30.9 Å². The highest BCUT2D eigenvalue weighted by atomic mass is 32.2. The summed E-state index contributed by atoms with van der Waals surface area (Å²) < 4.78 is 32.8. The summed E-state index contributed by atoms with van der Waals surface area (Å²) in [7, 11) is -3.53. The number of hydrogen-bond acceptors (Lipinski definition) is 4. The zero-order valence-corrected chi connectivity index (χ0v) is 15.2. The van der Waals surface area contributed by atoms with E-state index in [9.17, 15) is 13.2 Å². The van der Waals surface area contributed by atoms with Gasteiger partial charge in [0.1, 0.15) is 5.76 Å². The van der Waals surface area contributed by atoms with Crippen LogP contribution in [-0.4, -0.2) is 20.4 Å². The summed E-state index contributed by atoms with van der Waals surface area (Å²) >= 11 is 0. The molecule has 1 aliphatic rings. The van der Waals surface area contributed by atoms with Crippen LogP contribution < -0.4 is 10.0 Å². The maximum absolute atomic E-state index is 12.4. The first-order chi connectivity index (χ1) is 12.5. The molecule has 1 aromatic carbocycles. The number of carbonyl (C=O) groups excluding carboxylic acids is 1. The van der Waals surface area contributed by atoms with Gasteiger partial charge in [0.25, 0.3) is 0 Å². The molecule has 1 fully saturated rings. The number of rotatable bonds is 6. The summed E-state index contributed by atoms with van der Waals surface area (Å²) in [6.07, 6.45) is 9.49. The van der Waals surface area contributed by atoms with Crippen molar-refractivity contribution in [3.05, 3.63) is 54.5 Å². The normalized spacial score (nSPS) is 16.0. The number of benzene rings is 1. The number of nitrogens with one attached hydrogen (secondary N) is 2. The van der Waals surface area contributed by atoms with Gasteiger partial charge in [0.15, 0.2) is 0 Å². The van der Waals surface area contributed by atoms with Crippen molar-refractivity contribution in [1.82, 2.24) is 4.72 Å². The van der Waals surface area contributed by atoms with Crippen molar-refractivity contribution in [3.8, 4) is 0 Å². The zero-order chi connectivity index (χ0) is 18.4. The van der Waals surface area contributed by atoms with Crippen LogP contribution >= 0.6 is 0 Å². The van der Waals surface area contributed by atoms with Gasteiger partial charge in [-0.25, -0.2) is 13.1 Å². The van der Waals surface area contributed by atoms with Crippen molar-refractivity contribution in [2.75, 3.05) is 5.32 Å². The Morgan fingerprint density at radius 3 is 2.46 bits per heavy atom.